The van der Waals surface area contributed by atoms with Gasteiger partial charge in [0.2, 0.25) is 5.91 Å². The van der Waals surface area contributed by atoms with E-state index in [1.165, 1.54) is 12.8 Å². The molecule has 4 nitrogen and oxygen atoms in total. The Bertz CT molecular complexity index is 508. The Hall–Kier alpha value is -1.84. The van der Waals surface area contributed by atoms with Crippen LogP contribution in [0.4, 0.5) is 5.69 Å². The molecule has 0 bridgehead atoms. The summed E-state index contributed by atoms with van der Waals surface area (Å²) in [5.41, 5.74) is 1.34. The van der Waals surface area contributed by atoms with Crippen LogP contribution >= 0.6 is 0 Å². The first-order valence-electron chi connectivity index (χ1n) is 6.38. The minimum atomic E-state index is -0.455. The highest BCUT2D eigenvalue weighted by Crippen LogP contribution is 2.33. The van der Waals surface area contributed by atoms with Gasteiger partial charge in [-0.15, -0.1) is 0 Å². The van der Waals surface area contributed by atoms with Crippen molar-refractivity contribution in [3.63, 3.8) is 0 Å². The summed E-state index contributed by atoms with van der Waals surface area (Å²) in [6.07, 6.45) is 2.36. The zero-order chi connectivity index (χ0) is 12.7. The van der Waals surface area contributed by atoms with Crippen LogP contribution in [0.3, 0.4) is 0 Å². The maximum Gasteiger partial charge on any atom is 0.254 e. The monoisotopic (exact) mass is 244 g/mol. The zero-order valence-corrected chi connectivity index (χ0v) is 10.3. The molecule has 0 aromatic heterocycles. The largest absolute Gasteiger partial charge is 0.340 e. The summed E-state index contributed by atoms with van der Waals surface area (Å²) in [7, 11) is 0. The van der Waals surface area contributed by atoms with E-state index < -0.39 is 6.04 Å². The van der Waals surface area contributed by atoms with Crippen molar-refractivity contribution in [1.29, 1.82) is 0 Å². The number of carbonyl (C=O) groups is 2. The molecule has 3 rings (SSSR count). The number of para-hydroxylation sites is 1. The highest BCUT2D eigenvalue weighted by molar-refractivity contribution is 6.10. The number of hydrogen-bond donors (Lipinski definition) is 1. The van der Waals surface area contributed by atoms with Gasteiger partial charge in [0.05, 0.1) is 11.3 Å². The molecule has 1 aliphatic heterocycles. The predicted octanol–water partition coefficient (Wildman–Crippen LogP) is 1.56. The molecule has 1 unspecified atom stereocenters. The molecule has 0 spiro atoms. The molecule has 1 N–H and O–H groups in total. The summed E-state index contributed by atoms with van der Waals surface area (Å²) in [5, 5.41) is 2.74. The topological polar surface area (TPSA) is 49.4 Å². The summed E-state index contributed by atoms with van der Waals surface area (Å²) in [6.45, 7) is 2.47. The first-order valence-corrected chi connectivity index (χ1v) is 6.38. The van der Waals surface area contributed by atoms with Crippen LogP contribution in [-0.4, -0.2) is 24.4 Å². The Labute approximate surface area is 106 Å². The van der Waals surface area contributed by atoms with Gasteiger partial charge in [0.25, 0.3) is 5.91 Å². The molecule has 18 heavy (non-hydrogen) atoms. The van der Waals surface area contributed by atoms with Crippen molar-refractivity contribution in [2.24, 2.45) is 5.92 Å². The van der Waals surface area contributed by atoms with Crippen LogP contribution in [0, 0.1) is 5.92 Å². The zero-order valence-electron chi connectivity index (χ0n) is 10.3. The Kier molecular flexibility index (Phi) is 2.58. The molecule has 2 aliphatic rings. The molecule has 2 amide bonds. The Morgan fingerprint density at radius 2 is 2.00 bits per heavy atom. The van der Waals surface area contributed by atoms with E-state index >= 15 is 0 Å². The van der Waals surface area contributed by atoms with Gasteiger partial charge in [-0.3, -0.25) is 9.59 Å². The Morgan fingerprint density at radius 1 is 1.28 bits per heavy atom. The molecular weight excluding hydrogens is 228 g/mol. The van der Waals surface area contributed by atoms with Crippen molar-refractivity contribution in [3.05, 3.63) is 29.8 Å². The molecule has 4 heteroatoms. The van der Waals surface area contributed by atoms with Gasteiger partial charge in [0.1, 0.15) is 6.04 Å². The lowest BCUT2D eigenvalue weighted by atomic mass is 10.1. The lowest BCUT2D eigenvalue weighted by Crippen LogP contribution is -2.44. The molecule has 1 aliphatic carbocycles. The number of hydrogen-bond acceptors (Lipinski definition) is 2. The van der Waals surface area contributed by atoms with Crippen molar-refractivity contribution in [3.8, 4) is 0 Å². The van der Waals surface area contributed by atoms with Crippen molar-refractivity contribution < 1.29 is 9.59 Å². The summed E-state index contributed by atoms with van der Waals surface area (Å²) in [6, 6.07) is 6.87. The van der Waals surface area contributed by atoms with Crippen LogP contribution in [-0.2, 0) is 4.79 Å². The third-order valence-corrected chi connectivity index (χ3v) is 3.56. The average Bonchev–Trinajstić information content (AvgIpc) is 3.18. The van der Waals surface area contributed by atoms with E-state index in [4.69, 9.17) is 0 Å². The molecular formula is C14H16N2O2. The number of rotatable bonds is 2. The summed E-state index contributed by atoms with van der Waals surface area (Å²) < 4.78 is 0. The predicted molar refractivity (Wildman–Crippen MR) is 68.4 cm³/mol. The molecule has 1 aromatic rings. The molecule has 0 radical (unpaired) electrons. The van der Waals surface area contributed by atoms with Crippen LogP contribution in [0.25, 0.3) is 0 Å². The first-order chi connectivity index (χ1) is 8.66. The summed E-state index contributed by atoms with van der Waals surface area (Å²) in [4.78, 5) is 26.1. The van der Waals surface area contributed by atoms with E-state index in [0.29, 0.717) is 11.5 Å². The van der Waals surface area contributed by atoms with Gasteiger partial charge in [0, 0.05) is 6.54 Å². The maximum absolute atomic E-state index is 12.3. The van der Waals surface area contributed by atoms with E-state index in [0.717, 1.165) is 12.2 Å². The van der Waals surface area contributed by atoms with Crippen molar-refractivity contribution in [2.45, 2.75) is 25.8 Å². The van der Waals surface area contributed by atoms with Gasteiger partial charge < -0.3 is 10.2 Å². The van der Waals surface area contributed by atoms with Crippen molar-refractivity contribution in [2.75, 3.05) is 11.4 Å². The van der Waals surface area contributed by atoms with E-state index in [1.54, 1.807) is 17.9 Å². The van der Waals surface area contributed by atoms with Gasteiger partial charge >= 0.3 is 0 Å². The number of nitrogens with one attached hydrogen (secondary N) is 1. The molecule has 0 saturated heterocycles. The standard InChI is InChI=1S/C14H16N2O2/c1-9-14(18)16(8-10-6-7-10)12-5-3-2-4-11(12)13(17)15-9/h2-5,9-10H,6-8H2,1H3,(H,15,17). The summed E-state index contributed by atoms with van der Waals surface area (Å²) >= 11 is 0. The highest BCUT2D eigenvalue weighted by Gasteiger charge is 2.34. The summed E-state index contributed by atoms with van der Waals surface area (Å²) in [5.74, 6) is 0.423. The minimum absolute atomic E-state index is 0.0137. The number of anilines is 1. The number of benzene rings is 1. The van der Waals surface area contributed by atoms with E-state index in [2.05, 4.69) is 5.32 Å². The minimum Gasteiger partial charge on any atom is -0.340 e. The van der Waals surface area contributed by atoms with Gasteiger partial charge in [-0.1, -0.05) is 12.1 Å². The van der Waals surface area contributed by atoms with Gasteiger partial charge in [-0.2, -0.15) is 0 Å². The fourth-order valence-electron chi connectivity index (χ4n) is 2.34. The number of fused-ring (bicyclic) bond motifs is 1. The fraction of sp³-hybridized carbons (Fsp3) is 0.429. The van der Waals surface area contributed by atoms with Crippen LogP contribution in [0.2, 0.25) is 0 Å². The van der Waals surface area contributed by atoms with E-state index in [9.17, 15) is 9.59 Å². The van der Waals surface area contributed by atoms with Crippen LogP contribution < -0.4 is 10.2 Å². The van der Waals surface area contributed by atoms with Crippen molar-refractivity contribution >= 4 is 17.5 Å². The second-order valence-electron chi connectivity index (χ2n) is 5.10. The molecule has 1 aromatic carbocycles. The average molecular weight is 244 g/mol. The molecule has 1 heterocycles. The quantitative estimate of drug-likeness (QED) is 0.858. The SMILES string of the molecule is CC1NC(=O)c2ccccc2N(CC2CC2)C1=O. The molecule has 1 fully saturated rings. The van der Waals surface area contributed by atoms with E-state index in [-0.39, 0.29) is 11.8 Å². The van der Waals surface area contributed by atoms with Crippen molar-refractivity contribution in [1.82, 2.24) is 5.32 Å². The number of amides is 2. The third-order valence-electron chi connectivity index (χ3n) is 3.56. The lowest BCUT2D eigenvalue weighted by molar-refractivity contribution is -0.120. The first kappa shape index (κ1) is 11.3. The van der Waals surface area contributed by atoms with E-state index in [1.807, 2.05) is 18.2 Å². The lowest BCUT2D eigenvalue weighted by Gasteiger charge is -2.23. The van der Waals surface area contributed by atoms with Crippen LogP contribution in [0.1, 0.15) is 30.1 Å². The second kappa shape index (κ2) is 4.12. The highest BCUT2D eigenvalue weighted by atomic mass is 16.2. The Morgan fingerprint density at radius 3 is 2.72 bits per heavy atom. The van der Waals surface area contributed by atoms with Gasteiger partial charge in [-0.05, 0) is 37.8 Å². The third kappa shape index (κ3) is 1.88. The molecule has 1 saturated carbocycles. The smallest absolute Gasteiger partial charge is 0.254 e. The number of carbonyl (C=O) groups excluding carboxylic acids is 2. The second-order valence-corrected chi connectivity index (χ2v) is 5.10. The van der Waals surface area contributed by atoms with Crippen LogP contribution in [0.15, 0.2) is 24.3 Å². The van der Waals surface area contributed by atoms with Gasteiger partial charge in [0.15, 0.2) is 0 Å². The normalized spacial score (nSPS) is 23.4. The maximum atomic E-state index is 12.3. The van der Waals surface area contributed by atoms with Crippen LogP contribution in [0.5, 0.6) is 0 Å². The molecule has 94 valence electrons. The Balaban J connectivity index is 2.04. The fourth-order valence-corrected chi connectivity index (χ4v) is 2.34. The number of nitrogens with zero attached hydrogens (tertiary/aromatic N) is 1. The van der Waals surface area contributed by atoms with Gasteiger partial charge in [-0.25, -0.2) is 0 Å². The molecule has 1 atom stereocenters.